The second kappa shape index (κ2) is 10.0. The van der Waals surface area contributed by atoms with Gasteiger partial charge < -0.3 is 15.3 Å². The van der Waals surface area contributed by atoms with E-state index in [9.17, 15) is 23.1 Å². The molecule has 0 unspecified atom stereocenters. The molecule has 1 aliphatic rings. The summed E-state index contributed by atoms with van der Waals surface area (Å²) in [5.41, 5.74) is 1.30. The van der Waals surface area contributed by atoms with E-state index < -0.39 is 16.0 Å². The summed E-state index contributed by atoms with van der Waals surface area (Å²) in [6.45, 7) is 10.2. The van der Waals surface area contributed by atoms with Crippen LogP contribution in [0.4, 0.5) is 11.4 Å². The van der Waals surface area contributed by atoms with E-state index >= 15 is 0 Å². The predicted octanol–water partition coefficient (Wildman–Crippen LogP) is 2.53. The van der Waals surface area contributed by atoms with Crippen molar-refractivity contribution in [3.63, 3.8) is 0 Å². The number of nitrogens with zero attached hydrogens (tertiary/aromatic N) is 2. The van der Waals surface area contributed by atoms with Crippen molar-refractivity contribution in [2.75, 3.05) is 42.3 Å². The fraction of sp³-hybridized carbons (Fsp3) is 0.417. The van der Waals surface area contributed by atoms with Crippen molar-refractivity contribution in [2.24, 2.45) is 0 Å². The highest BCUT2D eigenvalue weighted by Crippen LogP contribution is 2.30. The smallest absolute Gasteiger partial charge is 0.335 e. The largest absolute Gasteiger partial charge is 0.478 e. The Bertz CT molecular complexity index is 1170. The molecule has 0 spiro atoms. The second-order valence-corrected chi connectivity index (χ2v) is 11.2. The number of carbonyl (C=O) groups is 2. The van der Waals surface area contributed by atoms with Gasteiger partial charge in [-0.3, -0.25) is 14.4 Å². The quantitative estimate of drug-likeness (QED) is 0.548. The van der Waals surface area contributed by atoms with Crippen LogP contribution in [0.2, 0.25) is 0 Å². The molecule has 9 nitrogen and oxygen atoms in total. The average molecular weight is 489 g/mol. The van der Waals surface area contributed by atoms with Crippen molar-refractivity contribution < 1.29 is 23.1 Å². The monoisotopic (exact) mass is 488 g/mol. The predicted molar refractivity (Wildman–Crippen MR) is 132 cm³/mol. The Hall–Kier alpha value is -3.11. The number of nitrogens with one attached hydrogen (secondary N) is 2. The number of hydrogen-bond donors (Lipinski definition) is 3. The highest BCUT2D eigenvalue weighted by atomic mass is 32.2. The van der Waals surface area contributed by atoms with E-state index in [0.29, 0.717) is 31.9 Å². The van der Waals surface area contributed by atoms with Gasteiger partial charge in [-0.15, -0.1) is 0 Å². The summed E-state index contributed by atoms with van der Waals surface area (Å²) in [4.78, 5) is 27.9. The molecule has 1 fully saturated rings. The molecule has 1 amide bonds. The van der Waals surface area contributed by atoms with Crippen LogP contribution in [-0.4, -0.2) is 68.6 Å². The van der Waals surface area contributed by atoms with Crippen LogP contribution in [-0.2, 0) is 14.8 Å². The fourth-order valence-electron chi connectivity index (χ4n) is 3.82. The molecule has 2 aromatic carbocycles. The Kier molecular flexibility index (Phi) is 7.52. The van der Waals surface area contributed by atoms with E-state index in [1.165, 1.54) is 18.2 Å². The van der Waals surface area contributed by atoms with E-state index in [1.807, 2.05) is 30.6 Å². The van der Waals surface area contributed by atoms with Gasteiger partial charge in [0.2, 0.25) is 5.91 Å². The van der Waals surface area contributed by atoms with Crippen LogP contribution in [0.5, 0.6) is 0 Å². The first-order valence-corrected chi connectivity index (χ1v) is 12.6. The van der Waals surface area contributed by atoms with Gasteiger partial charge in [-0.2, -0.15) is 0 Å². The number of carboxylic acids is 1. The van der Waals surface area contributed by atoms with Crippen molar-refractivity contribution in [3.8, 4) is 0 Å². The molecule has 3 N–H and O–H groups in total. The van der Waals surface area contributed by atoms with Gasteiger partial charge in [0.25, 0.3) is 10.0 Å². The van der Waals surface area contributed by atoms with Crippen molar-refractivity contribution in [3.05, 3.63) is 53.6 Å². The highest BCUT2D eigenvalue weighted by Gasteiger charge is 2.25. The average Bonchev–Trinajstić information content (AvgIpc) is 2.72. The first-order chi connectivity index (χ1) is 15.8. The number of aryl methyl sites for hydroxylation is 1. The molecule has 0 bridgehead atoms. The molecule has 1 saturated heterocycles. The zero-order valence-electron chi connectivity index (χ0n) is 20.0. The Morgan fingerprint density at radius 1 is 1.03 bits per heavy atom. The molecule has 0 aliphatic carbocycles. The third-order valence-electron chi connectivity index (χ3n) is 5.38. The van der Waals surface area contributed by atoms with Crippen LogP contribution in [0.25, 0.3) is 0 Å². The van der Waals surface area contributed by atoms with Gasteiger partial charge in [0.15, 0.2) is 0 Å². The molecule has 0 radical (unpaired) electrons. The standard InChI is InChI=1S/C24H32N4O5S/c1-17-6-5-7-19(14-17)34(32,33)26-20-15-18(23(30)31)8-9-21(20)28-12-10-27(11-13-28)16-22(29)25-24(2,3)4/h5-9,14-15,26H,10-13,16H2,1-4H3,(H,25,29)(H,30,31). The van der Waals surface area contributed by atoms with Gasteiger partial charge >= 0.3 is 5.97 Å². The molecule has 34 heavy (non-hydrogen) atoms. The van der Waals surface area contributed by atoms with Crippen LogP contribution in [0, 0.1) is 6.92 Å². The maximum Gasteiger partial charge on any atom is 0.335 e. The van der Waals surface area contributed by atoms with Crippen LogP contribution < -0.4 is 14.9 Å². The number of piperazine rings is 1. The molecule has 1 aliphatic heterocycles. The van der Waals surface area contributed by atoms with Crippen molar-refractivity contribution in [1.29, 1.82) is 0 Å². The third-order valence-corrected chi connectivity index (χ3v) is 6.75. The lowest BCUT2D eigenvalue weighted by atomic mass is 10.1. The van der Waals surface area contributed by atoms with Gasteiger partial charge in [0.1, 0.15) is 0 Å². The number of carbonyl (C=O) groups excluding carboxylic acids is 1. The minimum Gasteiger partial charge on any atom is -0.478 e. The summed E-state index contributed by atoms with van der Waals surface area (Å²) in [6.07, 6.45) is 0. The zero-order valence-corrected chi connectivity index (χ0v) is 20.8. The maximum absolute atomic E-state index is 13.0. The van der Waals surface area contributed by atoms with Crippen LogP contribution in [0.15, 0.2) is 47.4 Å². The number of carboxylic acid groups (broad SMARTS) is 1. The lowest BCUT2D eigenvalue weighted by molar-refractivity contribution is -0.123. The number of amides is 1. The van der Waals surface area contributed by atoms with Crippen molar-refractivity contribution >= 4 is 33.3 Å². The summed E-state index contributed by atoms with van der Waals surface area (Å²) in [5.74, 6) is -1.18. The topological polar surface area (TPSA) is 119 Å². The number of benzene rings is 2. The van der Waals surface area contributed by atoms with Gasteiger partial charge in [0, 0.05) is 31.7 Å². The first kappa shape index (κ1) is 25.5. The summed E-state index contributed by atoms with van der Waals surface area (Å²) in [6, 6.07) is 10.9. The molecule has 0 saturated carbocycles. The Labute approximate surface area is 200 Å². The number of hydrogen-bond acceptors (Lipinski definition) is 6. The lowest BCUT2D eigenvalue weighted by Gasteiger charge is -2.37. The van der Waals surface area contributed by atoms with Crippen molar-refractivity contribution in [1.82, 2.24) is 10.2 Å². The molecule has 3 rings (SSSR count). The number of rotatable bonds is 7. The molecule has 10 heteroatoms. The van der Waals surface area contributed by atoms with Crippen molar-refractivity contribution in [2.45, 2.75) is 38.1 Å². The SMILES string of the molecule is Cc1cccc(S(=O)(=O)Nc2cc(C(=O)O)ccc2N2CCN(CC(=O)NC(C)(C)C)CC2)c1. The minimum absolute atomic E-state index is 0.0109. The van der Waals surface area contributed by atoms with Crippen LogP contribution in [0.3, 0.4) is 0 Å². The second-order valence-electron chi connectivity index (χ2n) is 9.52. The molecule has 184 valence electrons. The normalized spacial score (nSPS) is 15.1. The van der Waals surface area contributed by atoms with Gasteiger partial charge in [0.05, 0.1) is 28.4 Å². The molecule has 0 aromatic heterocycles. The third kappa shape index (κ3) is 6.71. The van der Waals surface area contributed by atoms with E-state index in [4.69, 9.17) is 0 Å². The summed E-state index contributed by atoms with van der Waals surface area (Å²) >= 11 is 0. The van der Waals surface area contributed by atoms with E-state index in [0.717, 1.165) is 5.56 Å². The molecular weight excluding hydrogens is 456 g/mol. The van der Waals surface area contributed by atoms with E-state index in [1.54, 1.807) is 31.2 Å². The fourth-order valence-corrected chi connectivity index (χ4v) is 4.99. The van der Waals surface area contributed by atoms with E-state index in [2.05, 4.69) is 10.0 Å². The Balaban J connectivity index is 1.79. The summed E-state index contributed by atoms with van der Waals surface area (Å²) < 4.78 is 28.6. The lowest BCUT2D eigenvalue weighted by Crippen LogP contribution is -2.51. The van der Waals surface area contributed by atoms with Gasteiger partial charge in [-0.1, -0.05) is 12.1 Å². The molecule has 1 heterocycles. The Morgan fingerprint density at radius 2 is 1.71 bits per heavy atom. The van der Waals surface area contributed by atoms with Crippen LogP contribution >= 0.6 is 0 Å². The Morgan fingerprint density at radius 3 is 2.29 bits per heavy atom. The molecular formula is C24H32N4O5S. The number of aromatic carboxylic acids is 1. The molecule has 0 atom stereocenters. The number of sulfonamides is 1. The van der Waals surface area contributed by atoms with Gasteiger partial charge in [-0.05, 0) is 63.6 Å². The van der Waals surface area contributed by atoms with E-state index in [-0.39, 0.29) is 34.1 Å². The maximum atomic E-state index is 13.0. The molecule has 2 aromatic rings. The van der Waals surface area contributed by atoms with Gasteiger partial charge in [-0.25, -0.2) is 13.2 Å². The summed E-state index contributed by atoms with van der Waals surface area (Å²) in [7, 11) is -3.92. The van der Waals surface area contributed by atoms with Crippen LogP contribution in [0.1, 0.15) is 36.7 Å². The summed E-state index contributed by atoms with van der Waals surface area (Å²) in [5, 5.41) is 12.4. The highest BCUT2D eigenvalue weighted by molar-refractivity contribution is 7.92. The minimum atomic E-state index is -3.92. The first-order valence-electron chi connectivity index (χ1n) is 11.1. The number of anilines is 2. The zero-order chi connectivity index (χ0) is 25.1.